The minimum Gasteiger partial charge on any atom is -0.396 e. The van der Waals surface area contributed by atoms with Gasteiger partial charge in [-0.3, -0.25) is 0 Å². The second kappa shape index (κ2) is 5.34. The zero-order chi connectivity index (χ0) is 9.52. The molecule has 1 nitrogen and oxygen atoms in total. The minimum absolute atomic E-state index is 0.151. The van der Waals surface area contributed by atoms with Crippen molar-refractivity contribution in [3.63, 3.8) is 0 Å². The van der Waals surface area contributed by atoms with E-state index in [9.17, 15) is 4.39 Å². The summed E-state index contributed by atoms with van der Waals surface area (Å²) in [5.74, 6) is 5.40. The van der Waals surface area contributed by atoms with Crippen LogP contribution in [0.25, 0.3) is 0 Å². The van der Waals surface area contributed by atoms with Gasteiger partial charge in [0.1, 0.15) is 5.82 Å². The molecule has 13 heavy (non-hydrogen) atoms. The summed E-state index contributed by atoms with van der Waals surface area (Å²) in [6, 6.07) is 6.17. The Morgan fingerprint density at radius 1 is 1.38 bits per heavy atom. The van der Waals surface area contributed by atoms with Gasteiger partial charge in [-0.1, -0.05) is 17.9 Å². The van der Waals surface area contributed by atoms with E-state index in [-0.39, 0.29) is 12.4 Å². The normalized spacial score (nSPS) is 9.08. The molecule has 1 aromatic rings. The Morgan fingerprint density at radius 3 is 2.92 bits per heavy atom. The number of halogens is 1. The Hall–Kier alpha value is -1.33. The molecule has 1 N–H and O–H groups in total. The third-order valence-electron chi connectivity index (χ3n) is 1.52. The van der Waals surface area contributed by atoms with E-state index in [1.54, 1.807) is 12.1 Å². The lowest BCUT2D eigenvalue weighted by atomic mass is 10.2. The van der Waals surface area contributed by atoms with Crippen LogP contribution in [-0.2, 0) is 0 Å². The molecule has 0 spiro atoms. The van der Waals surface area contributed by atoms with E-state index < -0.39 is 0 Å². The second-order valence-electron chi connectivity index (χ2n) is 2.64. The van der Waals surface area contributed by atoms with Crippen LogP contribution >= 0.6 is 0 Å². The maximum atomic E-state index is 12.6. The van der Waals surface area contributed by atoms with E-state index in [1.165, 1.54) is 12.1 Å². The fourth-order valence-electron chi connectivity index (χ4n) is 0.898. The first-order valence-corrected chi connectivity index (χ1v) is 4.18. The van der Waals surface area contributed by atoms with Gasteiger partial charge in [0, 0.05) is 18.6 Å². The topological polar surface area (TPSA) is 20.2 Å². The van der Waals surface area contributed by atoms with Gasteiger partial charge in [0.15, 0.2) is 0 Å². The summed E-state index contributed by atoms with van der Waals surface area (Å²) in [6.07, 6.45) is 1.31. The van der Waals surface area contributed by atoms with Crippen LogP contribution in [-0.4, -0.2) is 11.7 Å². The van der Waals surface area contributed by atoms with Crippen molar-refractivity contribution in [2.45, 2.75) is 12.8 Å². The first-order chi connectivity index (χ1) is 6.33. The summed E-state index contributed by atoms with van der Waals surface area (Å²) in [5, 5.41) is 8.48. The molecule has 0 radical (unpaired) electrons. The lowest BCUT2D eigenvalue weighted by Crippen LogP contribution is -1.80. The Bertz CT molecular complexity index is 322. The van der Waals surface area contributed by atoms with Crippen molar-refractivity contribution in [2.24, 2.45) is 0 Å². The predicted molar refractivity (Wildman–Crippen MR) is 49.6 cm³/mol. The van der Waals surface area contributed by atoms with Crippen LogP contribution in [0, 0.1) is 17.7 Å². The molecule has 68 valence electrons. The van der Waals surface area contributed by atoms with Crippen LogP contribution in [0.4, 0.5) is 4.39 Å². The summed E-state index contributed by atoms with van der Waals surface area (Å²) in [4.78, 5) is 0. The molecule has 0 bridgehead atoms. The van der Waals surface area contributed by atoms with Crippen LogP contribution in [0.3, 0.4) is 0 Å². The van der Waals surface area contributed by atoms with Gasteiger partial charge >= 0.3 is 0 Å². The smallest absolute Gasteiger partial charge is 0.124 e. The zero-order valence-electron chi connectivity index (χ0n) is 7.26. The quantitative estimate of drug-likeness (QED) is 0.542. The van der Waals surface area contributed by atoms with E-state index in [2.05, 4.69) is 11.8 Å². The molecule has 0 aliphatic rings. The molecule has 0 atom stereocenters. The highest BCUT2D eigenvalue weighted by Crippen LogP contribution is 2.01. The zero-order valence-corrected chi connectivity index (χ0v) is 7.26. The van der Waals surface area contributed by atoms with Crippen molar-refractivity contribution in [3.05, 3.63) is 35.6 Å². The maximum Gasteiger partial charge on any atom is 0.124 e. The number of aliphatic hydroxyl groups excluding tert-OH is 1. The van der Waals surface area contributed by atoms with Crippen molar-refractivity contribution in [1.82, 2.24) is 0 Å². The predicted octanol–water partition coefficient (Wildman–Crippen LogP) is 1.95. The van der Waals surface area contributed by atoms with Crippen LogP contribution in [0.1, 0.15) is 18.4 Å². The molecule has 0 fully saturated rings. The monoisotopic (exact) mass is 178 g/mol. The fraction of sp³-hybridized carbons (Fsp3) is 0.273. The number of rotatable bonds is 2. The lowest BCUT2D eigenvalue weighted by molar-refractivity contribution is 0.290. The molecule has 0 aliphatic heterocycles. The fourth-order valence-corrected chi connectivity index (χ4v) is 0.898. The molecule has 0 aliphatic carbocycles. The number of unbranched alkanes of at least 4 members (excludes halogenated alkanes) is 1. The van der Waals surface area contributed by atoms with Crippen molar-refractivity contribution < 1.29 is 9.50 Å². The highest BCUT2D eigenvalue weighted by atomic mass is 19.1. The van der Waals surface area contributed by atoms with Crippen molar-refractivity contribution in [3.8, 4) is 11.8 Å². The highest BCUT2D eigenvalue weighted by molar-refractivity contribution is 5.34. The van der Waals surface area contributed by atoms with Crippen molar-refractivity contribution in [1.29, 1.82) is 0 Å². The van der Waals surface area contributed by atoms with Crippen molar-refractivity contribution in [2.75, 3.05) is 6.61 Å². The Kier molecular flexibility index (Phi) is 4.01. The van der Waals surface area contributed by atoms with Crippen LogP contribution < -0.4 is 0 Å². The Labute approximate surface area is 77.2 Å². The molecule has 0 amide bonds. The van der Waals surface area contributed by atoms with E-state index in [0.29, 0.717) is 18.4 Å². The van der Waals surface area contributed by atoms with Gasteiger partial charge in [-0.25, -0.2) is 4.39 Å². The number of hydrogen-bond donors (Lipinski definition) is 1. The van der Waals surface area contributed by atoms with Gasteiger partial charge in [0.05, 0.1) is 0 Å². The molecule has 1 aromatic carbocycles. The van der Waals surface area contributed by atoms with Gasteiger partial charge in [0.25, 0.3) is 0 Å². The SMILES string of the molecule is OCCCC#Cc1cccc(F)c1. The summed E-state index contributed by atoms with van der Waals surface area (Å²) in [7, 11) is 0. The molecule has 0 aromatic heterocycles. The van der Waals surface area contributed by atoms with Gasteiger partial charge in [-0.2, -0.15) is 0 Å². The molecule has 1 rings (SSSR count). The standard InChI is InChI=1S/C11H11FO/c12-11-7-4-6-10(9-11)5-2-1-3-8-13/h4,6-7,9,13H,1,3,8H2. The Balaban J connectivity index is 2.56. The number of hydrogen-bond acceptors (Lipinski definition) is 1. The van der Waals surface area contributed by atoms with Gasteiger partial charge in [-0.15, -0.1) is 0 Å². The lowest BCUT2D eigenvalue weighted by Gasteiger charge is -1.89. The first kappa shape index (κ1) is 9.76. The average Bonchev–Trinajstić information content (AvgIpc) is 2.13. The number of aliphatic hydroxyl groups is 1. The summed E-state index contributed by atoms with van der Waals surface area (Å²) >= 11 is 0. The Morgan fingerprint density at radius 2 is 2.23 bits per heavy atom. The van der Waals surface area contributed by atoms with E-state index in [0.717, 1.165) is 0 Å². The molecule has 0 unspecified atom stereocenters. The summed E-state index contributed by atoms with van der Waals surface area (Å²) in [6.45, 7) is 0.151. The summed E-state index contributed by atoms with van der Waals surface area (Å²) in [5.41, 5.74) is 0.679. The summed E-state index contributed by atoms with van der Waals surface area (Å²) < 4.78 is 12.6. The van der Waals surface area contributed by atoms with Crippen molar-refractivity contribution >= 4 is 0 Å². The van der Waals surface area contributed by atoms with E-state index in [4.69, 9.17) is 5.11 Å². The largest absolute Gasteiger partial charge is 0.396 e. The minimum atomic E-state index is -0.269. The molecule has 2 heteroatoms. The molecular formula is C11H11FO. The van der Waals surface area contributed by atoms with Gasteiger partial charge < -0.3 is 5.11 Å². The van der Waals surface area contributed by atoms with E-state index in [1.807, 2.05) is 0 Å². The second-order valence-corrected chi connectivity index (χ2v) is 2.64. The van der Waals surface area contributed by atoms with Crippen LogP contribution in [0.2, 0.25) is 0 Å². The van der Waals surface area contributed by atoms with Gasteiger partial charge in [-0.05, 0) is 24.6 Å². The molecule has 0 saturated heterocycles. The average molecular weight is 178 g/mol. The molecule has 0 saturated carbocycles. The van der Waals surface area contributed by atoms with Crippen LogP contribution in [0.15, 0.2) is 24.3 Å². The van der Waals surface area contributed by atoms with Gasteiger partial charge in [0.2, 0.25) is 0 Å². The first-order valence-electron chi connectivity index (χ1n) is 4.18. The highest BCUT2D eigenvalue weighted by Gasteiger charge is 1.88. The number of benzene rings is 1. The molecule has 0 heterocycles. The maximum absolute atomic E-state index is 12.6. The third-order valence-corrected chi connectivity index (χ3v) is 1.52. The van der Waals surface area contributed by atoms with E-state index >= 15 is 0 Å². The molecular weight excluding hydrogens is 167 g/mol. The third kappa shape index (κ3) is 3.73. The van der Waals surface area contributed by atoms with Crippen LogP contribution in [0.5, 0.6) is 0 Å².